The second-order valence-electron chi connectivity index (χ2n) is 6.04. The summed E-state index contributed by atoms with van der Waals surface area (Å²) in [5.41, 5.74) is 1.75. The second-order valence-corrected chi connectivity index (χ2v) is 6.45. The van der Waals surface area contributed by atoms with Crippen molar-refractivity contribution in [3.8, 4) is 17.1 Å². The summed E-state index contributed by atoms with van der Waals surface area (Å²) in [6.45, 7) is 3.98. The Kier molecular flexibility index (Phi) is 6.08. The van der Waals surface area contributed by atoms with Gasteiger partial charge in [-0.25, -0.2) is 0 Å². The monoisotopic (exact) mass is 385 g/mol. The summed E-state index contributed by atoms with van der Waals surface area (Å²) in [4.78, 5) is 16.7. The fourth-order valence-corrected chi connectivity index (χ4v) is 2.75. The van der Waals surface area contributed by atoms with Crippen LogP contribution in [0.15, 0.2) is 53.1 Å². The van der Waals surface area contributed by atoms with E-state index in [0.29, 0.717) is 34.5 Å². The van der Waals surface area contributed by atoms with E-state index in [2.05, 4.69) is 15.5 Å². The Bertz CT molecular complexity index is 926. The molecule has 0 saturated heterocycles. The Morgan fingerprint density at radius 1 is 1.26 bits per heavy atom. The molecule has 7 heteroatoms. The zero-order valence-electron chi connectivity index (χ0n) is 15.1. The smallest absolute Gasteiger partial charge is 0.261 e. The van der Waals surface area contributed by atoms with Crippen LogP contribution < -0.4 is 10.1 Å². The maximum absolute atomic E-state index is 12.4. The molecular formula is C20H20ClN3O3. The van der Waals surface area contributed by atoms with Crippen molar-refractivity contribution >= 4 is 17.5 Å². The van der Waals surface area contributed by atoms with Crippen molar-refractivity contribution in [2.75, 3.05) is 0 Å². The third kappa shape index (κ3) is 4.86. The number of amides is 1. The largest absolute Gasteiger partial charge is 0.481 e. The van der Waals surface area contributed by atoms with Crippen molar-refractivity contribution < 1.29 is 14.1 Å². The van der Waals surface area contributed by atoms with Gasteiger partial charge in [0.05, 0.1) is 11.6 Å². The average Bonchev–Trinajstić information content (AvgIpc) is 3.13. The molecule has 0 spiro atoms. The molecule has 27 heavy (non-hydrogen) atoms. The molecule has 1 N–H and O–H groups in total. The predicted molar refractivity (Wildman–Crippen MR) is 102 cm³/mol. The molecule has 1 aromatic heterocycles. The zero-order chi connectivity index (χ0) is 19.2. The lowest BCUT2D eigenvalue weighted by atomic mass is 10.2. The number of hydrogen-bond acceptors (Lipinski definition) is 5. The van der Waals surface area contributed by atoms with E-state index in [4.69, 9.17) is 20.9 Å². The topological polar surface area (TPSA) is 77.2 Å². The second kappa shape index (κ2) is 8.68. The van der Waals surface area contributed by atoms with Gasteiger partial charge in [0.1, 0.15) is 5.75 Å². The molecule has 0 unspecified atom stereocenters. The van der Waals surface area contributed by atoms with Crippen LogP contribution in [0.3, 0.4) is 0 Å². The highest BCUT2D eigenvalue weighted by Gasteiger charge is 2.19. The van der Waals surface area contributed by atoms with Gasteiger partial charge in [-0.2, -0.15) is 4.98 Å². The van der Waals surface area contributed by atoms with Gasteiger partial charge >= 0.3 is 0 Å². The highest BCUT2D eigenvalue weighted by atomic mass is 35.5. The van der Waals surface area contributed by atoms with Crippen LogP contribution in [0.5, 0.6) is 5.75 Å². The molecule has 2 aromatic carbocycles. The minimum atomic E-state index is -0.599. The van der Waals surface area contributed by atoms with Gasteiger partial charge in [-0.05, 0) is 43.2 Å². The first-order valence-corrected chi connectivity index (χ1v) is 9.03. The number of halogens is 1. The molecule has 1 heterocycles. The van der Waals surface area contributed by atoms with Gasteiger partial charge in [-0.1, -0.05) is 47.9 Å². The average molecular weight is 386 g/mol. The molecule has 140 valence electrons. The van der Waals surface area contributed by atoms with Crippen LogP contribution in [0.4, 0.5) is 0 Å². The number of nitrogens with zero attached hydrogens (tertiary/aromatic N) is 2. The van der Waals surface area contributed by atoms with Crippen molar-refractivity contribution in [3.05, 3.63) is 65.0 Å². The molecule has 0 bridgehead atoms. The third-order valence-corrected chi connectivity index (χ3v) is 4.26. The highest BCUT2D eigenvalue weighted by molar-refractivity contribution is 6.33. The van der Waals surface area contributed by atoms with Crippen LogP contribution >= 0.6 is 11.6 Å². The minimum absolute atomic E-state index is 0.115. The summed E-state index contributed by atoms with van der Waals surface area (Å²) in [5.74, 6) is 1.10. The Balaban J connectivity index is 1.60. The summed E-state index contributed by atoms with van der Waals surface area (Å²) in [7, 11) is 0. The number of aryl methyl sites for hydroxylation is 1. The lowest BCUT2D eigenvalue weighted by molar-refractivity contribution is -0.128. The standard InChI is InChI=1S/C20H20ClN3O3/c1-3-17(26-14-8-6-7-13(2)11-14)20(25)22-12-18-23-19(24-27-18)15-9-4-5-10-16(15)21/h4-11,17H,3,12H2,1-2H3,(H,22,25)/t17-/m0/s1. The number of benzene rings is 2. The van der Waals surface area contributed by atoms with Crippen molar-refractivity contribution in [2.45, 2.75) is 32.9 Å². The van der Waals surface area contributed by atoms with Crippen molar-refractivity contribution in [2.24, 2.45) is 0 Å². The third-order valence-electron chi connectivity index (χ3n) is 3.93. The summed E-state index contributed by atoms with van der Waals surface area (Å²) in [6.07, 6.45) is -0.0631. The van der Waals surface area contributed by atoms with Crippen LogP contribution in [0, 0.1) is 6.92 Å². The van der Waals surface area contributed by atoms with E-state index in [-0.39, 0.29) is 12.5 Å². The Labute approximate surface area is 162 Å². The molecule has 1 atom stereocenters. The Morgan fingerprint density at radius 3 is 2.81 bits per heavy atom. The molecule has 3 rings (SSSR count). The quantitative estimate of drug-likeness (QED) is 0.660. The van der Waals surface area contributed by atoms with Gasteiger partial charge in [0, 0.05) is 5.56 Å². The number of nitrogens with one attached hydrogen (secondary N) is 1. The first-order chi connectivity index (χ1) is 13.1. The van der Waals surface area contributed by atoms with E-state index in [0.717, 1.165) is 5.56 Å². The van der Waals surface area contributed by atoms with E-state index in [9.17, 15) is 4.79 Å². The van der Waals surface area contributed by atoms with E-state index in [1.165, 1.54) is 0 Å². The molecule has 0 fully saturated rings. The van der Waals surface area contributed by atoms with Crippen LogP contribution in [0.2, 0.25) is 5.02 Å². The predicted octanol–water partition coefficient (Wildman–Crippen LogP) is 4.17. The van der Waals surface area contributed by atoms with Crippen molar-refractivity contribution in [1.29, 1.82) is 0 Å². The molecule has 6 nitrogen and oxygen atoms in total. The summed E-state index contributed by atoms with van der Waals surface area (Å²) >= 11 is 6.14. The van der Waals surface area contributed by atoms with E-state index < -0.39 is 6.10 Å². The van der Waals surface area contributed by atoms with Gasteiger partial charge in [0.15, 0.2) is 6.10 Å². The summed E-state index contributed by atoms with van der Waals surface area (Å²) < 4.78 is 11.0. The maximum atomic E-state index is 12.4. The number of ether oxygens (including phenoxy) is 1. The van der Waals surface area contributed by atoms with Gasteiger partial charge in [-0.3, -0.25) is 4.79 Å². The van der Waals surface area contributed by atoms with Crippen molar-refractivity contribution in [1.82, 2.24) is 15.5 Å². The normalized spacial score (nSPS) is 11.8. The summed E-state index contributed by atoms with van der Waals surface area (Å²) in [5, 5.41) is 7.22. The van der Waals surface area contributed by atoms with Gasteiger partial charge in [0.2, 0.25) is 11.7 Å². The molecule has 0 aliphatic rings. The van der Waals surface area contributed by atoms with Crippen LogP contribution in [-0.4, -0.2) is 22.2 Å². The lowest BCUT2D eigenvalue weighted by Crippen LogP contribution is -2.37. The van der Waals surface area contributed by atoms with Crippen LogP contribution in [0.25, 0.3) is 11.4 Å². The maximum Gasteiger partial charge on any atom is 0.261 e. The van der Waals surface area contributed by atoms with Crippen molar-refractivity contribution in [3.63, 3.8) is 0 Å². The Morgan fingerprint density at radius 2 is 2.07 bits per heavy atom. The van der Waals surface area contributed by atoms with Crippen LogP contribution in [-0.2, 0) is 11.3 Å². The van der Waals surface area contributed by atoms with E-state index in [1.54, 1.807) is 12.1 Å². The number of hydrogen-bond donors (Lipinski definition) is 1. The number of rotatable bonds is 7. The van der Waals surface area contributed by atoms with Crippen LogP contribution in [0.1, 0.15) is 24.8 Å². The highest BCUT2D eigenvalue weighted by Crippen LogP contribution is 2.24. The first-order valence-electron chi connectivity index (χ1n) is 8.65. The molecule has 0 radical (unpaired) electrons. The van der Waals surface area contributed by atoms with Gasteiger partial charge in [0.25, 0.3) is 5.91 Å². The minimum Gasteiger partial charge on any atom is -0.481 e. The number of carbonyl (C=O) groups is 1. The van der Waals surface area contributed by atoms with E-state index in [1.807, 2.05) is 50.2 Å². The molecule has 0 aliphatic carbocycles. The SMILES string of the molecule is CC[C@H](Oc1cccc(C)c1)C(=O)NCc1nc(-c2ccccc2Cl)no1. The van der Waals surface area contributed by atoms with Gasteiger partial charge < -0.3 is 14.6 Å². The Hall–Kier alpha value is -2.86. The summed E-state index contributed by atoms with van der Waals surface area (Å²) in [6, 6.07) is 14.8. The fraction of sp³-hybridized carbons (Fsp3) is 0.250. The molecule has 3 aromatic rings. The zero-order valence-corrected chi connectivity index (χ0v) is 15.9. The lowest BCUT2D eigenvalue weighted by Gasteiger charge is -2.17. The first kappa shape index (κ1) is 18.9. The fourth-order valence-electron chi connectivity index (χ4n) is 2.53. The molecular weight excluding hydrogens is 366 g/mol. The number of aromatic nitrogens is 2. The number of carbonyl (C=O) groups excluding carboxylic acids is 1. The molecule has 0 aliphatic heterocycles. The molecule has 1 amide bonds. The van der Waals surface area contributed by atoms with E-state index >= 15 is 0 Å². The van der Waals surface area contributed by atoms with Gasteiger partial charge in [-0.15, -0.1) is 0 Å². The molecule has 0 saturated carbocycles.